The first-order valence-electron chi connectivity index (χ1n) is 5.16. The van der Waals surface area contributed by atoms with Gasteiger partial charge in [0, 0.05) is 18.2 Å². The molecule has 2 nitrogen and oxygen atoms in total. The minimum Gasteiger partial charge on any atom is -0.398 e. The van der Waals surface area contributed by atoms with Gasteiger partial charge in [0.25, 0.3) is 0 Å². The van der Waals surface area contributed by atoms with E-state index in [9.17, 15) is 13.2 Å². The van der Waals surface area contributed by atoms with E-state index in [0.29, 0.717) is 13.0 Å². The summed E-state index contributed by atoms with van der Waals surface area (Å²) >= 11 is 0. The van der Waals surface area contributed by atoms with Crippen molar-refractivity contribution in [1.82, 2.24) is 5.32 Å². The molecular weight excluding hydrogens is 217 g/mol. The van der Waals surface area contributed by atoms with Crippen LogP contribution in [0.4, 0.5) is 18.9 Å². The molecule has 1 aliphatic rings. The Morgan fingerprint density at radius 1 is 1.31 bits per heavy atom. The average Bonchev–Trinajstić information content (AvgIpc) is 2.68. The maximum atomic E-state index is 12.8. The van der Waals surface area contributed by atoms with Gasteiger partial charge in [-0.2, -0.15) is 13.2 Å². The highest BCUT2D eigenvalue weighted by Gasteiger charge is 2.36. The van der Waals surface area contributed by atoms with Crippen molar-refractivity contribution >= 4 is 5.69 Å². The highest BCUT2D eigenvalue weighted by Crippen LogP contribution is 2.39. The van der Waals surface area contributed by atoms with Crippen molar-refractivity contribution in [2.24, 2.45) is 0 Å². The highest BCUT2D eigenvalue weighted by molar-refractivity contribution is 5.54. The number of nitrogens with one attached hydrogen (secondary N) is 1. The van der Waals surface area contributed by atoms with Gasteiger partial charge >= 0.3 is 6.18 Å². The topological polar surface area (TPSA) is 38.0 Å². The van der Waals surface area contributed by atoms with Crippen LogP contribution in [0.15, 0.2) is 18.2 Å². The van der Waals surface area contributed by atoms with E-state index in [4.69, 9.17) is 5.73 Å². The van der Waals surface area contributed by atoms with Gasteiger partial charge in [-0.1, -0.05) is 6.07 Å². The Balaban J connectivity index is 2.48. The quantitative estimate of drug-likeness (QED) is 0.727. The van der Waals surface area contributed by atoms with E-state index in [1.54, 1.807) is 0 Å². The second-order valence-corrected chi connectivity index (χ2v) is 4.00. The lowest BCUT2D eigenvalue weighted by Crippen LogP contribution is -2.16. The number of nitrogens with two attached hydrogens (primary N) is 1. The Morgan fingerprint density at radius 2 is 2.06 bits per heavy atom. The third-order valence-electron chi connectivity index (χ3n) is 2.91. The molecule has 1 aromatic carbocycles. The molecule has 5 heteroatoms. The summed E-state index contributed by atoms with van der Waals surface area (Å²) in [5.74, 6) is -0.127. The number of hydrogen-bond acceptors (Lipinski definition) is 2. The average molecular weight is 230 g/mol. The van der Waals surface area contributed by atoms with Crippen LogP contribution in [-0.2, 0) is 6.18 Å². The second-order valence-electron chi connectivity index (χ2n) is 4.00. The van der Waals surface area contributed by atoms with Gasteiger partial charge in [-0.15, -0.1) is 0 Å². The molecule has 1 fully saturated rings. The van der Waals surface area contributed by atoms with E-state index in [0.717, 1.165) is 12.6 Å². The number of alkyl halides is 3. The molecule has 1 aliphatic heterocycles. The summed E-state index contributed by atoms with van der Waals surface area (Å²) in [4.78, 5) is 0. The zero-order chi connectivity index (χ0) is 11.8. The van der Waals surface area contributed by atoms with E-state index < -0.39 is 11.7 Å². The lowest BCUT2D eigenvalue weighted by molar-refractivity contribution is -0.138. The molecule has 1 atom stereocenters. The molecular formula is C11H13F3N2. The van der Waals surface area contributed by atoms with Crippen LogP contribution in [0, 0.1) is 0 Å². The summed E-state index contributed by atoms with van der Waals surface area (Å²) in [6.07, 6.45) is -3.62. The third-order valence-corrected chi connectivity index (χ3v) is 2.91. The molecule has 0 aromatic heterocycles. The summed E-state index contributed by atoms with van der Waals surface area (Å²) in [7, 11) is 0. The van der Waals surface area contributed by atoms with Crippen LogP contribution in [0.1, 0.15) is 23.5 Å². The predicted molar refractivity (Wildman–Crippen MR) is 56.1 cm³/mol. The third kappa shape index (κ3) is 2.00. The van der Waals surface area contributed by atoms with Crippen molar-refractivity contribution in [1.29, 1.82) is 0 Å². The smallest absolute Gasteiger partial charge is 0.398 e. The number of hydrogen-bond donors (Lipinski definition) is 2. The van der Waals surface area contributed by atoms with Crippen LogP contribution in [0.3, 0.4) is 0 Å². The Kier molecular flexibility index (Phi) is 2.80. The molecule has 1 unspecified atom stereocenters. The summed E-state index contributed by atoms with van der Waals surface area (Å²) in [6, 6.07) is 3.98. The van der Waals surface area contributed by atoms with E-state index in [1.807, 2.05) is 0 Å². The minimum atomic E-state index is -4.33. The van der Waals surface area contributed by atoms with Crippen molar-refractivity contribution in [3.05, 3.63) is 29.3 Å². The van der Waals surface area contributed by atoms with Crippen molar-refractivity contribution in [3.63, 3.8) is 0 Å². The van der Waals surface area contributed by atoms with Crippen LogP contribution >= 0.6 is 0 Å². The molecule has 0 aliphatic carbocycles. The van der Waals surface area contributed by atoms with Gasteiger partial charge in [0.1, 0.15) is 0 Å². The summed E-state index contributed by atoms with van der Waals surface area (Å²) in [5, 5.41) is 3.05. The Hall–Kier alpha value is -1.23. The molecule has 16 heavy (non-hydrogen) atoms. The van der Waals surface area contributed by atoms with E-state index in [2.05, 4.69) is 5.32 Å². The number of nitrogen functional groups attached to an aromatic ring is 1. The standard InChI is InChI=1S/C11H13F3N2/c12-11(13,14)8-2-1-3-9(15)10(8)7-4-5-16-6-7/h1-3,7,16H,4-6,15H2. The second kappa shape index (κ2) is 3.97. The number of rotatable bonds is 1. The zero-order valence-electron chi connectivity index (χ0n) is 8.64. The van der Waals surface area contributed by atoms with Crippen molar-refractivity contribution in [2.45, 2.75) is 18.5 Å². The first-order valence-corrected chi connectivity index (χ1v) is 5.16. The first-order chi connectivity index (χ1) is 7.50. The lowest BCUT2D eigenvalue weighted by Gasteiger charge is -2.19. The van der Waals surface area contributed by atoms with Crippen molar-refractivity contribution < 1.29 is 13.2 Å². The highest BCUT2D eigenvalue weighted by atomic mass is 19.4. The van der Waals surface area contributed by atoms with Gasteiger partial charge < -0.3 is 11.1 Å². The fourth-order valence-corrected chi connectivity index (χ4v) is 2.19. The van der Waals surface area contributed by atoms with Crippen LogP contribution in [0.25, 0.3) is 0 Å². The van der Waals surface area contributed by atoms with Crippen LogP contribution < -0.4 is 11.1 Å². The number of benzene rings is 1. The Morgan fingerprint density at radius 3 is 2.62 bits per heavy atom. The minimum absolute atomic E-state index is 0.127. The van der Waals surface area contributed by atoms with E-state index in [-0.39, 0.29) is 17.2 Å². The fourth-order valence-electron chi connectivity index (χ4n) is 2.19. The molecule has 3 N–H and O–H groups in total. The molecule has 1 saturated heterocycles. The van der Waals surface area contributed by atoms with Gasteiger partial charge in [-0.05, 0) is 30.7 Å². The fraction of sp³-hybridized carbons (Fsp3) is 0.455. The molecule has 0 amide bonds. The Labute approximate surface area is 91.6 Å². The van der Waals surface area contributed by atoms with E-state index >= 15 is 0 Å². The van der Waals surface area contributed by atoms with Gasteiger partial charge in [-0.25, -0.2) is 0 Å². The largest absolute Gasteiger partial charge is 0.416 e. The maximum absolute atomic E-state index is 12.8. The first kappa shape index (κ1) is 11.3. The maximum Gasteiger partial charge on any atom is 0.416 e. The van der Waals surface area contributed by atoms with E-state index in [1.165, 1.54) is 12.1 Å². The van der Waals surface area contributed by atoms with Gasteiger partial charge in [0.05, 0.1) is 5.56 Å². The van der Waals surface area contributed by atoms with Crippen molar-refractivity contribution in [2.75, 3.05) is 18.8 Å². The van der Waals surface area contributed by atoms with Gasteiger partial charge in [0.2, 0.25) is 0 Å². The molecule has 0 bridgehead atoms. The van der Waals surface area contributed by atoms with Crippen molar-refractivity contribution in [3.8, 4) is 0 Å². The lowest BCUT2D eigenvalue weighted by atomic mass is 9.91. The molecule has 88 valence electrons. The Bertz CT molecular complexity index is 381. The number of anilines is 1. The summed E-state index contributed by atoms with van der Waals surface area (Å²) in [6.45, 7) is 1.31. The van der Waals surface area contributed by atoms with Crippen LogP contribution in [-0.4, -0.2) is 13.1 Å². The molecule has 1 aromatic rings. The SMILES string of the molecule is Nc1cccc(C(F)(F)F)c1C1CCNC1. The van der Waals surface area contributed by atoms with Crippen LogP contribution in [0.5, 0.6) is 0 Å². The molecule has 1 heterocycles. The predicted octanol–water partition coefficient (Wildman–Crippen LogP) is 2.36. The normalized spacial score (nSPS) is 21.3. The molecule has 0 spiro atoms. The van der Waals surface area contributed by atoms with Gasteiger partial charge in [0.15, 0.2) is 0 Å². The zero-order valence-corrected chi connectivity index (χ0v) is 8.64. The number of halogens is 3. The monoisotopic (exact) mass is 230 g/mol. The summed E-state index contributed by atoms with van der Waals surface area (Å²) < 4.78 is 38.4. The molecule has 2 rings (SSSR count). The molecule has 0 radical (unpaired) electrons. The molecule has 0 saturated carbocycles. The van der Waals surface area contributed by atoms with Gasteiger partial charge in [-0.3, -0.25) is 0 Å². The van der Waals surface area contributed by atoms with Crippen LogP contribution in [0.2, 0.25) is 0 Å². The summed E-state index contributed by atoms with van der Waals surface area (Å²) in [5.41, 5.74) is 5.56.